The summed E-state index contributed by atoms with van der Waals surface area (Å²) >= 11 is 0. The molecule has 3 N–H and O–H groups in total. The molecule has 9 nitrogen and oxygen atoms in total. The SMILES string of the molecule is Cc1cc(OC(F)F)cnc1C(=O)Nc1cnc(F)c([C@]2(C)CS(=O)(=O)C(C)(C)C(N)=N2)c1. The van der Waals surface area contributed by atoms with Crippen LogP contribution in [0.15, 0.2) is 29.5 Å². The highest BCUT2D eigenvalue weighted by Crippen LogP contribution is 2.38. The van der Waals surface area contributed by atoms with Gasteiger partial charge < -0.3 is 15.8 Å². The van der Waals surface area contributed by atoms with E-state index < -0.39 is 44.3 Å². The maximum atomic E-state index is 14.6. The van der Waals surface area contributed by atoms with Gasteiger partial charge in [-0.2, -0.15) is 13.2 Å². The number of aromatic nitrogens is 2. The van der Waals surface area contributed by atoms with Gasteiger partial charge in [-0.1, -0.05) is 0 Å². The zero-order chi connectivity index (χ0) is 24.8. The molecule has 3 heterocycles. The Kier molecular flexibility index (Phi) is 6.13. The molecular weight excluding hydrogens is 463 g/mol. The first-order valence-corrected chi connectivity index (χ1v) is 11.3. The van der Waals surface area contributed by atoms with E-state index in [1.54, 1.807) is 0 Å². The van der Waals surface area contributed by atoms with E-state index >= 15 is 0 Å². The summed E-state index contributed by atoms with van der Waals surface area (Å²) in [7, 11) is -3.79. The predicted molar refractivity (Wildman–Crippen MR) is 115 cm³/mol. The molecule has 0 spiro atoms. The van der Waals surface area contributed by atoms with Crippen molar-refractivity contribution in [3.8, 4) is 5.75 Å². The Hall–Kier alpha value is -3.22. The van der Waals surface area contributed by atoms with Gasteiger partial charge in [0.25, 0.3) is 5.91 Å². The number of hydrogen-bond donors (Lipinski definition) is 2. The minimum atomic E-state index is -3.79. The number of anilines is 1. The minimum absolute atomic E-state index is 0.0442. The minimum Gasteiger partial charge on any atom is -0.433 e. The quantitative estimate of drug-likeness (QED) is 0.621. The third-order valence-electron chi connectivity index (χ3n) is 5.40. The summed E-state index contributed by atoms with van der Waals surface area (Å²) in [6.45, 7) is 2.67. The van der Waals surface area contributed by atoms with Crippen LogP contribution in [0.5, 0.6) is 5.75 Å². The van der Waals surface area contributed by atoms with E-state index in [0.29, 0.717) is 0 Å². The van der Waals surface area contributed by atoms with Gasteiger partial charge in [0.2, 0.25) is 5.95 Å². The molecule has 1 amide bonds. The van der Waals surface area contributed by atoms with Crippen LogP contribution >= 0.6 is 0 Å². The number of halogens is 3. The standard InChI is InChI=1S/C20H22F3N5O4S/c1-10-5-12(32-18(22)23)8-25-14(10)16(29)27-11-6-13(15(21)26-7-11)20(4)9-33(30,31)19(2,3)17(24)28-20/h5-8,18H,9H2,1-4H3,(H2,24,28)(H,27,29)/t20-/m0/s1. The number of hydrogen-bond acceptors (Lipinski definition) is 8. The number of aryl methyl sites for hydroxylation is 1. The van der Waals surface area contributed by atoms with E-state index in [1.807, 2.05) is 0 Å². The number of carbonyl (C=O) groups is 1. The lowest BCUT2D eigenvalue weighted by Crippen LogP contribution is -2.55. The highest BCUT2D eigenvalue weighted by molar-refractivity contribution is 7.93. The lowest BCUT2D eigenvalue weighted by Gasteiger charge is -2.37. The van der Waals surface area contributed by atoms with Crippen LogP contribution in [0, 0.1) is 12.9 Å². The van der Waals surface area contributed by atoms with Crippen LogP contribution in [0.2, 0.25) is 0 Å². The van der Waals surface area contributed by atoms with Gasteiger partial charge in [0.15, 0.2) is 9.84 Å². The molecule has 0 unspecified atom stereocenters. The van der Waals surface area contributed by atoms with Crippen molar-refractivity contribution in [2.45, 2.75) is 44.6 Å². The van der Waals surface area contributed by atoms with Gasteiger partial charge in [-0.15, -0.1) is 0 Å². The van der Waals surface area contributed by atoms with Crippen molar-refractivity contribution in [3.05, 3.63) is 47.3 Å². The van der Waals surface area contributed by atoms with Crippen molar-refractivity contribution in [1.29, 1.82) is 0 Å². The fourth-order valence-electron chi connectivity index (χ4n) is 3.32. The molecule has 0 saturated heterocycles. The van der Waals surface area contributed by atoms with Crippen LogP contribution in [0.3, 0.4) is 0 Å². The van der Waals surface area contributed by atoms with Gasteiger partial charge in [0.1, 0.15) is 27.6 Å². The average Bonchev–Trinajstić information content (AvgIpc) is 2.67. The largest absolute Gasteiger partial charge is 0.433 e. The van der Waals surface area contributed by atoms with Crippen molar-refractivity contribution in [2.24, 2.45) is 10.7 Å². The smallest absolute Gasteiger partial charge is 0.387 e. The second-order valence-electron chi connectivity index (χ2n) is 8.27. The topological polar surface area (TPSA) is 137 Å². The number of amides is 1. The summed E-state index contributed by atoms with van der Waals surface area (Å²) in [5.74, 6) is -2.59. The molecule has 1 aliphatic heterocycles. The normalized spacial score (nSPS) is 21.4. The molecule has 0 fully saturated rings. The van der Waals surface area contributed by atoms with Crippen LogP contribution in [-0.4, -0.2) is 47.2 Å². The molecule has 178 valence electrons. The monoisotopic (exact) mass is 485 g/mol. The second-order valence-corrected chi connectivity index (χ2v) is 10.8. The number of carbonyl (C=O) groups excluding carboxylic acids is 1. The molecule has 0 bridgehead atoms. The van der Waals surface area contributed by atoms with Crippen molar-refractivity contribution in [2.75, 3.05) is 11.1 Å². The molecule has 0 saturated carbocycles. The molecule has 1 aliphatic rings. The van der Waals surface area contributed by atoms with E-state index in [-0.39, 0.29) is 34.1 Å². The summed E-state index contributed by atoms with van der Waals surface area (Å²) in [4.78, 5) is 24.3. The maximum absolute atomic E-state index is 14.6. The number of aliphatic imine (C=N–C) groups is 1. The fraction of sp³-hybridized carbons (Fsp3) is 0.400. The average molecular weight is 485 g/mol. The first kappa shape index (κ1) is 24.4. The number of nitrogens with zero attached hydrogens (tertiary/aromatic N) is 3. The number of rotatable bonds is 5. The summed E-state index contributed by atoms with van der Waals surface area (Å²) in [6, 6.07) is 2.43. The molecule has 33 heavy (non-hydrogen) atoms. The van der Waals surface area contributed by atoms with Crippen molar-refractivity contribution < 1.29 is 31.1 Å². The molecule has 0 radical (unpaired) electrons. The van der Waals surface area contributed by atoms with Crippen molar-refractivity contribution >= 4 is 27.3 Å². The highest BCUT2D eigenvalue weighted by Gasteiger charge is 2.49. The molecule has 0 aromatic carbocycles. The molecular formula is C20H22F3N5O4S. The third-order valence-corrected chi connectivity index (χ3v) is 8.11. The van der Waals surface area contributed by atoms with E-state index in [0.717, 1.165) is 12.4 Å². The van der Waals surface area contributed by atoms with Crippen LogP contribution in [0.1, 0.15) is 42.4 Å². The number of pyridine rings is 2. The first-order chi connectivity index (χ1) is 15.2. The van der Waals surface area contributed by atoms with Crippen LogP contribution in [-0.2, 0) is 15.4 Å². The van der Waals surface area contributed by atoms with Crippen LogP contribution < -0.4 is 15.8 Å². The van der Waals surface area contributed by atoms with E-state index in [1.165, 1.54) is 39.8 Å². The number of nitrogens with two attached hydrogens (primary N) is 1. The Morgan fingerprint density at radius 3 is 2.45 bits per heavy atom. The number of amidine groups is 1. The molecule has 1 atom stereocenters. The number of nitrogens with one attached hydrogen (secondary N) is 1. The lowest BCUT2D eigenvalue weighted by atomic mass is 9.94. The van der Waals surface area contributed by atoms with Gasteiger partial charge in [-0.25, -0.2) is 18.4 Å². The Morgan fingerprint density at radius 2 is 1.88 bits per heavy atom. The van der Waals surface area contributed by atoms with Crippen LogP contribution in [0.25, 0.3) is 0 Å². The summed E-state index contributed by atoms with van der Waals surface area (Å²) in [5.41, 5.74) is 4.37. The first-order valence-electron chi connectivity index (χ1n) is 9.63. The summed E-state index contributed by atoms with van der Waals surface area (Å²) in [6.07, 6.45) is 2.01. The van der Waals surface area contributed by atoms with Gasteiger partial charge in [0, 0.05) is 5.56 Å². The molecule has 2 aromatic rings. The number of ether oxygens (including phenoxy) is 1. The number of sulfone groups is 1. The van der Waals surface area contributed by atoms with Crippen molar-refractivity contribution in [3.63, 3.8) is 0 Å². The van der Waals surface area contributed by atoms with E-state index in [4.69, 9.17) is 5.73 Å². The fourth-order valence-corrected chi connectivity index (χ4v) is 5.00. The van der Waals surface area contributed by atoms with Gasteiger partial charge in [0.05, 0.1) is 23.8 Å². The molecule has 0 aliphatic carbocycles. The third kappa shape index (κ3) is 4.63. The van der Waals surface area contributed by atoms with Gasteiger partial charge in [-0.05, 0) is 45.4 Å². The van der Waals surface area contributed by atoms with Gasteiger partial charge >= 0.3 is 6.61 Å². The van der Waals surface area contributed by atoms with E-state index in [9.17, 15) is 26.4 Å². The van der Waals surface area contributed by atoms with Gasteiger partial charge in [-0.3, -0.25) is 9.79 Å². The summed E-state index contributed by atoms with van der Waals surface area (Å²) in [5, 5.41) is 2.48. The number of alkyl halides is 2. The highest BCUT2D eigenvalue weighted by atomic mass is 32.2. The molecule has 2 aromatic heterocycles. The molecule has 3 rings (SSSR count). The zero-order valence-corrected chi connectivity index (χ0v) is 19.0. The Balaban J connectivity index is 1.93. The van der Waals surface area contributed by atoms with E-state index in [2.05, 4.69) is 25.0 Å². The Morgan fingerprint density at radius 1 is 1.21 bits per heavy atom. The lowest BCUT2D eigenvalue weighted by molar-refractivity contribution is -0.0501. The Labute approximate surface area is 188 Å². The maximum Gasteiger partial charge on any atom is 0.387 e. The summed E-state index contributed by atoms with van der Waals surface area (Å²) < 4.78 is 67.7. The predicted octanol–water partition coefficient (Wildman–Crippen LogP) is 2.56. The Bertz CT molecular complexity index is 1250. The second kappa shape index (κ2) is 8.28. The molecule has 13 heteroatoms. The zero-order valence-electron chi connectivity index (χ0n) is 18.2. The van der Waals surface area contributed by atoms with Crippen LogP contribution in [0.4, 0.5) is 18.9 Å². The van der Waals surface area contributed by atoms with Crippen molar-refractivity contribution in [1.82, 2.24) is 9.97 Å².